The first-order valence-electron chi connectivity index (χ1n) is 6.72. The molecule has 0 amide bonds. The third kappa shape index (κ3) is 6.68. The summed E-state index contributed by atoms with van der Waals surface area (Å²) >= 11 is 0. The van der Waals surface area contributed by atoms with Crippen LogP contribution in [0.25, 0.3) is 0 Å². The van der Waals surface area contributed by atoms with Crippen LogP contribution in [0.3, 0.4) is 0 Å². The Bertz CT molecular complexity index is 312. The van der Waals surface area contributed by atoms with E-state index in [1.807, 2.05) is 0 Å². The van der Waals surface area contributed by atoms with Crippen molar-refractivity contribution in [2.75, 3.05) is 19.8 Å². The van der Waals surface area contributed by atoms with E-state index in [0.29, 0.717) is 19.1 Å². The van der Waals surface area contributed by atoms with Crippen LogP contribution in [0.1, 0.15) is 40.5 Å². The minimum Gasteiger partial charge on any atom is -0.460 e. The van der Waals surface area contributed by atoms with Crippen molar-refractivity contribution in [3.05, 3.63) is 0 Å². The lowest BCUT2D eigenvalue weighted by Gasteiger charge is -2.20. The van der Waals surface area contributed by atoms with Gasteiger partial charge >= 0.3 is 5.97 Å². The van der Waals surface area contributed by atoms with Crippen molar-refractivity contribution >= 4 is 11.8 Å². The molecule has 5 nitrogen and oxygen atoms in total. The molecule has 0 unspecified atom stereocenters. The van der Waals surface area contributed by atoms with Crippen LogP contribution in [0.5, 0.6) is 0 Å². The molecule has 1 aliphatic heterocycles. The van der Waals surface area contributed by atoms with Crippen molar-refractivity contribution in [3.8, 4) is 0 Å². The van der Waals surface area contributed by atoms with Gasteiger partial charge in [-0.05, 0) is 34.1 Å². The summed E-state index contributed by atoms with van der Waals surface area (Å²) < 4.78 is 15.8. The number of carbonyl (C=O) groups excluding carboxylic acids is 2. The molecular formula is C14H24O5. The van der Waals surface area contributed by atoms with Gasteiger partial charge in [-0.2, -0.15) is 0 Å². The van der Waals surface area contributed by atoms with Crippen molar-refractivity contribution in [2.24, 2.45) is 5.92 Å². The molecule has 19 heavy (non-hydrogen) atoms. The highest BCUT2D eigenvalue weighted by atomic mass is 16.6. The Kier molecular flexibility index (Phi) is 5.94. The molecule has 0 radical (unpaired) electrons. The van der Waals surface area contributed by atoms with E-state index in [9.17, 15) is 9.59 Å². The molecule has 0 saturated carbocycles. The van der Waals surface area contributed by atoms with E-state index < -0.39 is 17.7 Å². The molecule has 110 valence electrons. The molecule has 0 bridgehead atoms. The Morgan fingerprint density at radius 1 is 1.37 bits per heavy atom. The van der Waals surface area contributed by atoms with Gasteiger partial charge in [-0.1, -0.05) is 0 Å². The van der Waals surface area contributed by atoms with Gasteiger partial charge in [0.1, 0.15) is 18.1 Å². The molecule has 0 spiro atoms. The van der Waals surface area contributed by atoms with Crippen LogP contribution in [-0.4, -0.2) is 43.3 Å². The third-order valence-corrected chi connectivity index (χ3v) is 2.80. The van der Waals surface area contributed by atoms with Crippen molar-refractivity contribution in [2.45, 2.75) is 52.2 Å². The monoisotopic (exact) mass is 272 g/mol. The number of ketones is 1. The first kappa shape index (κ1) is 16.1. The van der Waals surface area contributed by atoms with Gasteiger partial charge in [-0.25, -0.2) is 0 Å². The molecule has 0 aromatic rings. The molecule has 1 aliphatic rings. The number of ether oxygens (including phenoxy) is 3. The highest BCUT2D eigenvalue weighted by Gasteiger charge is 2.24. The van der Waals surface area contributed by atoms with E-state index >= 15 is 0 Å². The Labute approximate surface area is 114 Å². The molecule has 5 heteroatoms. The van der Waals surface area contributed by atoms with Crippen LogP contribution < -0.4 is 0 Å². The lowest BCUT2D eigenvalue weighted by molar-refractivity contribution is -0.157. The second kappa shape index (κ2) is 7.01. The zero-order valence-electron chi connectivity index (χ0n) is 12.2. The SMILES string of the molecule is C[C@H](OC[C@H]1CCOC1)C(=O)CC(=O)OC(C)(C)C. The number of carbonyl (C=O) groups is 2. The van der Waals surface area contributed by atoms with E-state index in [-0.39, 0.29) is 12.2 Å². The molecule has 1 saturated heterocycles. The number of hydrogen-bond donors (Lipinski definition) is 0. The summed E-state index contributed by atoms with van der Waals surface area (Å²) in [5, 5.41) is 0. The lowest BCUT2D eigenvalue weighted by Crippen LogP contribution is -2.30. The number of rotatable bonds is 6. The molecule has 1 fully saturated rings. The lowest BCUT2D eigenvalue weighted by atomic mass is 10.1. The summed E-state index contributed by atoms with van der Waals surface area (Å²) in [5.41, 5.74) is -0.567. The van der Waals surface area contributed by atoms with Gasteiger partial charge in [0.25, 0.3) is 0 Å². The van der Waals surface area contributed by atoms with Crippen molar-refractivity contribution < 1.29 is 23.8 Å². The summed E-state index contributed by atoms with van der Waals surface area (Å²) in [7, 11) is 0. The Balaban J connectivity index is 2.25. The highest BCUT2D eigenvalue weighted by molar-refractivity contribution is 5.97. The molecule has 0 aliphatic carbocycles. The third-order valence-electron chi connectivity index (χ3n) is 2.80. The summed E-state index contributed by atoms with van der Waals surface area (Å²) in [5.74, 6) is -0.387. The zero-order valence-corrected chi connectivity index (χ0v) is 12.2. The number of hydrogen-bond acceptors (Lipinski definition) is 5. The fourth-order valence-corrected chi connectivity index (χ4v) is 1.75. The van der Waals surface area contributed by atoms with Crippen LogP contribution in [-0.2, 0) is 23.8 Å². The summed E-state index contributed by atoms with van der Waals surface area (Å²) in [6, 6.07) is 0. The van der Waals surface area contributed by atoms with Crippen molar-refractivity contribution in [1.82, 2.24) is 0 Å². The summed E-state index contributed by atoms with van der Waals surface area (Å²) in [4.78, 5) is 23.3. The second-order valence-electron chi connectivity index (χ2n) is 5.93. The maximum absolute atomic E-state index is 11.8. The minimum absolute atomic E-state index is 0.237. The Morgan fingerprint density at radius 3 is 2.58 bits per heavy atom. The molecule has 0 N–H and O–H groups in total. The standard InChI is InChI=1S/C14H24O5/c1-10(18-9-11-5-6-17-8-11)12(15)7-13(16)19-14(2,3)4/h10-11H,5-9H2,1-4H3/t10-,11-/m0/s1. The van der Waals surface area contributed by atoms with Crippen LogP contribution in [0.4, 0.5) is 0 Å². The fourth-order valence-electron chi connectivity index (χ4n) is 1.75. The number of Topliss-reactive ketones (excluding diaryl/α,β-unsaturated/α-hetero) is 1. The van der Waals surface area contributed by atoms with Gasteiger partial charge in [0.2, 0.25) is 0 Å². The van der Waals surface area contributed by atoms with Crippen LogP contribution in [0, 0.1) is 5.92 Å². The summed E-state index contributed by atoms with van der Waals surface area (Å²) in [6.45, 7) is 8.94. The first-order valence-corrected chi connectivity index (χ1v) is 6.72. The van der Waals surface area contributed by atoms with Gasteiger partial charge in [-0.3, -0.25) is 9.59 Å². The Morgan fingerprint density at radius 2 is 2.05 bits per heavy atom. The normalized spacial score (nSPS) is 21.2. The Hall–Kier alpha value is -0.940. The van der Waals surface area contributed by atoms with E-state index in [0.717, 1.165) is 13.0 Å². The molecular weight excluding hydrogens is 248 g/mol. The van der Waals surface area contributed by atoms with Gasteiger partial charge in [0, 0.05) is 12.5 Å². The first-order chi connectivity index (χ1) is 8.78. The van der Waals surface area contributed by atoms with E-state index in [1.54, 1.807) is 27.7 Å². The van der Waals surface area contributed by atoms with Crippen LogP contribution in [0.2, 0.25) is 0 Å². The van der Waals surface area contributed by atoms with Gasteiger partial charge in [0.15, 0.2) is 5.78 Å². The maximum atomic E-state index is 11.8. The van der Waals surface area contributed by atoms with Crippen LogP contribution >= 0.6 is 0 Å². The maximum Gasteiger partial charge on any atom is 0.313 e. The predicted octanol–water partition coefficient (Wildman–Crippen LogP) is 1.73. The molecule has 0 aromatic heterocycles. The smallest absolute Gasteiger partial charge is 0.313 e. The highest BCUT2D eigenvalue weighted by Crippen LogP contribution is 2.14. The quantitative estimate of drug-likeness (QED) is 0.544. The molecule has 0 aromatic carbocycles. The zero-order chi connectivity index (χ0) is 14.5. The average molecular weight is 272 g/mol. The van der Waals surface area contributed by atoms with Crippen molar-refractivity contribution in [3.63, 3.8) is 0 Å². The molecule has 2 atom stereocenters. The van der Waals surface area contributed by atoms with E-state index in [2.05, 4.69) is 0 Å². The molecule has 1 heterocycles. The van der Waals surface area contributed by atoms with Gasteiger partial charge in [0.05, 0.1) is 13.2 Å². The van der Waals surface area contributed by atoms with Gasteiger partial charge in [-0.15, -0.1) is 0 Å². The molecule has 1 rings (SSSR count). The fraction of sp³-hybridized carbons (Fsp3) is 0.857. The average Bonchev–Trinajstić information content (AvgIpc) is 2.75. The number of esters is 1. The second-order valence-corrected chi connectivity index (χ2v) is 5.93. The minimum atomic E-state index is -0.576. The van der Waals surface area contributed by atoms with Crippen molar-refractivity contribution in [1.29, 1.82) is 0 Å². The van der Waals surface area contributed by atoms with Gasteiger partial charge < -0.3 is 14.2 Å². The van der Waals surface area contributed by atoms with Crippen LogP contribution in [0.15, 0.2) is 0 Å². The largest absolute Gasteiger partial charge is 0.460 e. The topological polar surface area (TPSA) is 61.8 Å². The van der Waals surface area contributed by atoms with E-state index in [1.165, 1.54) is 0 Å². The van der Waals surface area contributed by atoms with E-state index in [4.69, 9.17) is 14.2 Å². The summed E-state index contributed by atoms with van der Waals surface area (Å²) in [6.07, 6.45) is 0.153. The predicted molar refractivity (Wildman–Crippen MR) is 69.8 cm³/mol.